The highest BCUT2D eigenvalue weighted by atomic mass is 35.5. The molecule has 0 fully saturated rings. The van der Waals surface area contributed by atoms with Crippen molar-refractivity contribution in [1.82, 2.24) is 0 Å². The molecule has 0 saturated carbocycles. The summed E-state index contributed by atoms with van der Waals surface area (Å²) in [6, 6.07) is 11.7. The molecule has 0 aliphatic carbocycles. The molecule has 0 saturated heterocycles. The van der Waals surface area contributed by atoms with E-state index in [2.05, 4.69) is 10.6 Å². The number of hydrogen-bond donors (Lipinski definition) is 2. The molecule has 3 nitrogen and oxygen atoms in total. The Bertz CT molecular complexity index is 614. The Morgan fingerprint density at radius 1 is 1.20 bits per heavy atom. The van der Waals surface area contributed by atoms with Gasteiger partial charge in [0.15, 0.2) is 0 Å². The number of rotatable bonds is 4. The lowest BCUT2D eigenvalue weighted by atomic mass is 10.2. The van der Waals surface area contributed by atoms with Gasteiger partial charge in [-0.2, -0.15) is 0 Å². The normalized spacial score (nSPS) is 10.2. The van der Waals surface area contributed by atoms with Crippen molar-refractivity contribution in [1.29, 1.82) is 0 Å². The highest BCUT2D eigenvalue weighted by Gasteiger charge is 2.02. The van der Waals surface area contributed by atoms with E-state index in [0.29, 0.717) is 17.3 Å². The summed E-state index contributed by atoms with van der Waals surface area (Å²) >= 11 is 5.93. The Morgan fingerprint density at radius 2 is 1.90 bits per heavy atom. The predicted octanol–water partition coefficient (Wildman–Crippen LogP) is 4.05. The largest absolute Gasteiger partial charge is 0.380 e. The fraction of sp³-hybridized carbons (Fsp3) is 0.133. The third-order valence-electron chi connectivity index (χ3n) is 2.69. The minimum absolute atomic E-state index is 0.103. The second-order valence-corrected chi connectivity index (χ2v) is 4.76. The van der Waals surface area contributed by atoms with Crippen LogP contribution in [0.4, 0.5) is 15.8 Å². The third kappa shape index (κ3) is 3.96. The van der Waals surface area contributed by atoms with Gasteiger partial charge in [0.1, 0.15) is 5.82 Å². The summed E-state index contributed by atoms with van der Waals surface area (Å²) in [6.45, 7) is 2.03. The molecule has 0 aliphatic heterocycles. The summed E-state index contributed by atoms with van der Waals surface area (Å²) in [7, 11) is 0. The number of carbonyl (C=O) groups is 1. The van der Waals surface area contributed by atoms with Crippen LogP contribution in [-0.4, -0.2) is 5.91 Å². The molecular weight excluding hydrogens is 279 g/mol. The second-order valence-electron chi connectivity index (χ2n) is 4.36. The van der Waals surface area contributed by atoms with Crippen LogP contribution in [0.3, 0.4) is 0 Å². The summed E-state index contributed by atoms with van der Waals surface area (Å²) in [5.41, 5.74) is 2.46. The number of halogens is 2. The van der Waals surface area contributed by atoms with Crippen molar-refractivity contribution >= 4 is 28.9 Å². The lowest BCUT2D eigenvalue weighted by molar-refractivity contribution is -0.114. The van der Waals surface area contributed by atoms with Gasteiger partial charge in [0.25, 0.3) is 0 Å². The monoisotopic (exact) mass is 292 g/mol. The fourth-order valence-electron chi connectivity index (χ4n) is 1.74. The standard InChI is InChI=1S/C15H14ClFN2O/c1-10(20)19-13-5-2-11(3-6-13)9-18-15-7-4-12(17)8-14(15)16/h2-8,18H,9H2,1H3,(H,19,20). The molecule has 20 heavy (non-hydrogen) atoms. The number of nitrogens with one attached hydrogen (secondary N) is 2. The van der Waals surface area contributed by atoms with Crippen molar-refractivity contribution < 1.29 is 9.18 Å². The van der Waals surface area contributed by atoms with Crippen molar-refractivity contribution in [3.63, 3.8) is 0 Å². The molecule has 0 bridgehead atoms. The molecule has 1 amide bonds. The molecule has 0 aliphatic rings. The lowest BCUT2D eigenvalue weighted by Gasteiger charge is -2.09. The zero-order chi connectivity index (χ0) is 14.5. The number of carbonyl (C=O) groups excluding carboxylic acids is 1. The molecule has 0 spiro atoms. The Hall–Kier alpha value is -2.07. The minimum Gasteiger partial charge on any atom is -0.380 e. The van der Waals surface area contributed by atoms with E-state index in [1.807, 2.05) is 24.3 Å². The van der Waals surface area contributed by atoms with Gasteiger partial charge >= 0.3 is 0 Å². The van der Waals surface area contributed by atoms with Crippen LogP contribution in [0.1, 0.15) is 12.5 Å². The van der Waals surface area contributed by atoms with Crippen molar-refractivity contribution in [2.75, 3.05) is 10.6 Å². The third-order valence-corrected chi connectivity index (χ3v) is 3.00. The van der Waals surface area contributed by atoms with Crippen molar-refractivity contribution in [2.24, 2.45) is 0 Å². The topological polar surface area (TPSA) is 41.1 Å². The minimum atomic E-state index is -0.361. The average Bonchev–Trinajstić information content (AvgIpc) is 2.39. The van der Waals surface area contributed by atoms with Crippen LogP contribution in [0.5, 0.6) is 0 Å². The maximum Gasteiger partial charge on any atom is 0.221 e. The summed E-state index contributed by atoms with van der Waals surface area (Å²) in [6.07, 6.45) is 0. The van der Waals surface area contributed by atoms with Gasteiger partial charge in [-0.3, -0.25) is 4.79 Å². The molecule has 0 unspecified atom stereocenters. The molecule has 2 N–H and O–H groups in total. The molecule has 104 valence electrons. The smallest absolute Gasteiger partial charge is 0.221 e. The molecule has 0 aromatic heterocycles. The first kappa shape index (κ1) is 14.3. The number of benzene rings is 2. The van der Waals surface area contributed by atoms with E-state index in [0.717, 1.165) is 11.3 Å². The second kappa shape index (κ2) is 6.39. The zero-order valence-electron chi connectivity index (χ0n) is 10.9. The SMILES string of the molecule is CC(=O)Nc1ccc(CNc2ccc(F)cc2Cl)cc1. The highest BCUT2D eigenvalue weighted by molar-refractivity contribution is 6.33. The molecule has 0 atom stereocenters. The van der Waals surface area contributed by atoms with Crippen LogP contribution in [0.25, 0.3) is 0 Å². The summed E-state index contributed by atoms with van der Waals surface area (Å²) in [5.74, 6) is -0.464. The fourth-order valence-corrected chi connectivity index (χ4v) is 1.97. The van der Waals surface area contributed by atoms with Gasteiger partial charge in [0, 0.05) is 19.2 Å². The van der Waals surface area contributed by atoms with E-state index in [1.54, 1.807) is 6.07 Å². The van der Waals surface area contributed by atoms with Crippen LogP contribution < -0.4 is 10.6 Å². The summed E-state index contributed by atoms with van der Waals surface area (Å²) in [5, 5.41) is 6.18. The van der Waals surface area contributed by atoms with Gasteiger partial charge in [0.05, 0.1) is 10.7 Å². The van der Waals surface area contributed by atoms with Crippen LogP contribution in [0.15, 0.2) is 42.5 Å². The van der Waals surface area contributed by atoms with Crippen molar-refractivity contribution in [3.8, 4) is 0 Å². The molecular formula is C15H14ClFN2O. The maximum atomic E-state index is 12.9. The van der Waals surface area contributed by atoms with Crippen molar-refractivity contribution in [2.45, 2.75) is 13.5 Å². The Labute approximate surface area is 121 Å². The van der Waals surface area contributed by atoms with Crippen molar-refractivity contribution in [3.05, 3.63) is 58.9 Å². The van der Waals surface area contributed by atoms with E-state index in [9.17, 15) is 9.18 Å². The first-order chi connectivity index (χ1) is 9.54. The van der Waals surface area contributed by atoms with Gasteiger partial charge < -0.3 is 10.6 Å². The molecule has 2 aromatic carbocycles. The van der Waals surface area contributed by atoms with Gasteiger partial charge in [-0.25, -0.2) is 4.39 Å². The van der Waals surface area contributed by atoms with Crippen LogP contribution in [-0.2, 0) is 11.3 Å². The van der Waals surface area contributed by atoms with Gasteiger partial charge in [-0.1, -0.05) is 23.7 Å². The molecule has 2 rings (SSSR count). The number of amides is 1. The van der Waals surface area contributed by atoms with Crippen LogP contribution >= 0.6 is 11.6 Å². The molecule has 5 heteroatoms. The Kier molecular flexibility index (Phi) is 4.58. The Balaban J connectivity index is 1.98. The lowest BCUT2D eigenvalue weighted by Crippen LogP contribution is -2.06. The van der Waals surface area contributed by atoms with Crippen LogP contribution in [0.2, 0.25) is 5.02 Å². The van der Waals surface area contributed by atoms with E-state index in [-0.39, 0.29) is 11.7 Å². The predicted molar refractivity (Wildman–Crippen MR) is 79.5 cm³/mol. The molecule has 0 heterocycles. The summed E-state index contributed by atoms with van der Waals surface area (Å²) < 4.78 is 12.9. The first-order valence-corrected chi connectivity index (χ1v) is 6.48. The average molecular weight is 293 g/mol. The first-order valence-electron chi connectivity index (χ1n) is 6.10. The van der Waals surface area contributed by atoms with Gasteiger partial charge in [-0.05, 0) is 35.9 Å². The molecule has 0 radical (unpaired) electrons. The van der Waals surface area contributed by atoms with E-state index >= 15 is 0 Å². The van der Waals surface area contributed by atoms with E-state index in [4.69, 9.17) is 11.6 Å². The molecule has 2 aromatic rings. The zero-order valence-corrected chi connectivity index (χ0v) is 11.7. The number of hydrogen-bond acceptors (Lipinski definition) is 2. The van der Waals surface area contributed by atoms with E-state index in [1.165, 1.54) is 19.1 Å². The van der Waals surface area contributed by atoms with Gasteiger partial charge in [-0.15, -0.1) is 0 Å². The summed E-state index contributed by atoms with van der Waals surface area (Å²) in [4.78, 5) is 10.9. The van der Waals surface area contributed by atoms with Gasteiger partial charge in [0.2, 0.25) is 5.91 Å². The number of anilines is 2. The quantitative estimate of drug-likeness (QED) is 0.892. The Morgan fingerprint density at radius 3 is 2.50 bits per heavy atom. The van der Waals surface area contributed by atoms with Crippen LogP contribution in [0, 0.1) is 5.82 Å². The highest BCUT2D eigenvalue weighted by Crippen LogP contribution is 2.23. The maximum absolute atomic E-state index is 12.9. The van der Waals surface area contributed by atoms with E-state index < -0.39 is 0 Å².